The molecular formula is C21H20F2N4O2. The highest BCUT2D eigenvalue weighted by atomic mass is 19.3. The van der Waals surface area contributed by atoms with Crippen LogP contribution in [-0.4, -0.2) is 21.4 Å². The first kappa shape index (κ1) is 19.0. The van der Waals surface area contributed by atoms with Crippen LogP contribution in [0.1, 0.15) is 48.5 Å². The fraction of sp³-hybridized carbons (Fsp3) is 0.286. The number of alkyl halides is 2. The van der Waals surface area contributed by atoms with E-state index in [-0.39, 0.29) is 17.6 Å². The van der Waals surface area contributed by atoms with Crippen molar-refractivity contribution in [2.45, 2.75) is 32.4 Å². The fourth-order valence-corrected chi connectivity index (χ4v) is 3.21. The maximum atomic E-state index is 13.6. The zero-order chi connectivity index (χ0) is 20.5. The van der Waals surface area contributed by atoms with E-state index in [4.69, 9.17) is 0 Å². The number of anilines is 1. The number of rotatable bonds is 6. The fourth-order valence-electron chi connectivity index (χ4n) is 3.21. The number of aromatic nitrogens is 2. The van der Waals surface area contributed by atoms with Crippen molar-refractivity contribution in [1.82, 2.24) is 14.9 Å². The number of carbonyl (C=O) groups excluding carboxylic acids is 2. The van der Waals surface area contributed by atoms with Gasteiger partial charge < -0.3 is 10.6 Å². The van der Waals surface area contributed by atoms with Crippen LogP contribution in [-0.2, 0) is 4.79 Å². The molecule has 1 fully saturated rings. The standard InChI is InChI=1S/C21H20F2N4O2/c1-12(18-26-16-4-2-3-5-17(16)27(18)21(22)23)24-19(28)14-8-10-15(11-9-14)25-20(29)13-6-7-13/h2-5,8-13,21H,6-7H2,1H3,(H,24,28)(H,25,29). The maximum absolute atomic E-state index is 13.6. The van der Waals surface area contributed by atoms with E-state index in [1.54, 1.807) is 55.5 Å². The zero-order valence-electron chi connectivity index (χ0n) is 15.7. The Morgan fingerprint density at radius 1 is 1.10 bits per heavy atom. The molecule has 0 saturated heterocycles. The van der Waals surface area contributed by atoms with Crippen LogP contribution in [0.4, 0.5) is 14.5 Å². The number of amides is 2. The van der Waals surface area contributed by atoms with Crippen molar-refractivity contribution in [3.05, 3.63) is 59.9 Å². The third-order valence-electron chi connectivity index (χ3n) is 4.92. The summed E-state index contributed by atoms with van der Waals surface area (Å²) < 4.78 is 28.0. The molecule has 0 bridgehead atoms. The van der Waals surface area contributed by atoms with Gasteiger partial charge in [-0.1, -0.05) is 12.1 Å². The van der Waals surface area contributed by atoms with Crippen molar-refractivity contribution in [3.8, 4) is 0 Å². The number of fused-ring (bicyclic) bond motifs is 1. The summed E-state index contributed by atoms with van der Waals surface area (Å²) in [5.41, 5.74) is 1.74. The molecule has 6 nitrogen and oxygen atoms in total. The van der Waals surface area contributed by atoms with Gasteiger partial charge in [-0.15, -0.1) is 0 Å². The Morgan fingerprint density at radius 2 is 1.79 bits per heavy atom. The van der Waals surface area contributed by atoms with E-state index in [0.29, 0.717) is 22.3 Å². The summed E-state index contributed by atoms with van der Waals surface area (Å²) in [5.74, 6) is -0.247. The molecule has 1 saturated carbocycles. The van der Waals surface area contributed by atoms with Gasteiger partial charge in [-0.3, -0.25) is 14.2 Å². The van der Waals surface area contributed by atoms with E-state index in [9.17, 15) is 18.4 Å². The second kappa shape index (κ2) is 7.62. The molecule has 1 unspecified atom stereocenters. The summed E-state index contributed by atoms with van der Waals surface area (Å²) in [6.07, 6.45) is 1.82. The van der Waals surface area contributed by atoms with E-state index in [1.807, 2.05) is 0 Å². The van der Waals surface area contributed by atoms with Gasteiger partial charge in [0.05, 0.1) is 17.1 Å². The van der Waals surface area contributed by atoms with E-state index in [0.717, 1.165) is 17.4 Å². The Morgan fingerprint density at radius 3 is 2.45 bits per heavy atom. The number of imidazole rings is 1. The topological polar surface area (TPSA) is 76.0 Å². The first-order valence-electron chi connectivity index (χ1n) is 9.41. The highest BCUT2D eigenvalue weighted by Crippen LogP contribution is 2.30. The first-order chi connectivity index (χ1) is 13.9. The maximum Gasteiger partial charge on any atom is 0.320 e. The Labute approximate surface area is 165 Å². The Hall–Kier alpha value is -3.29. The Bertz CT molecular complexity index is 1060. The largest absolute Gasteiger partial charge is 0.342 e. The number of benzene rings is 2. The van der Waals surface area contributed by atoms with Gasteiger partial charge in [-0.25, -0.2) is 4.98 Å². The predicted molar refractivity (Wildman–Crippen MR) is 105 cm³/mol. The molecule has 29 heavy (non-hydrogen) atoms. The van der Waals surface area contributed by atoms with Gasteiger partial charge in [0.25, 0.3) is 5.91 Å². The van der Waals surface area contributed by atoms with Crippen molar-refractivity contribution >= 4 is 28.5 Å². The summed E-state index contributed by atoms with van der Waals surface area (Å²) in [6.45, 7) is -1.16. The summed E-state index contributed by atoms with van der Waals surface area (Å²) in [4.78, 5) is 28.6. The SMILES string of the molecule is CC(NC(=O)c1ccc(NC(=O)C2CC2)cc1)c1nc2ccccc2n1C(F)F. The minimum Gasteiger partial charge on any atom is -0.342 e. The minimum atomic E-state index is -2.77. The number of hydrogen-bond acceptors (Lipinski definition) is 3. The molecule has 0 radical (unpaired) electrons. The molecule has 2 N–H and O–H groups in total. The van der Waals surface area contributed by atoms with Crippen LogP contribution < -0.4 is 10.6 Å². The lowest BCUT2D eigenvalue weighted by Crippen LogP contribution is -2.29. The van der Waals surface area contributed by atoms with Crippen molar-refractivity contribution < 1.29 is 18.4 Å². The van der Waals surface area contributed by atoms with Crippen LogP contribution in [0.15, 0.2) is 48.5 Å². The molecule has 1 heterocycles. The summed E-state index contributed by atoms with van der Waals surface area (Å²) in [7, 11) is 0. The van der Waals surface area contributed by atoms with Crippen molar-refractivity contribution in [3.63, 3.8) is 0 Å². The monoisotopic (exact) mass is 398 g/mol. The number of halogens is 2. The highest BCUT2D eigenvalue weighted by molar-refractivity contribution is 5.97. The van der Waals surface area contributed by atoms with Crippen molar-refractivity contribution in [1.29, 1.82) is 0 Å². The van der Waals surface area contributed by atoms with Gasteiger partial charge >= 0.3 is 6.55 Å². The van der Waals surface area contributed by atoms with E-state index < -0.39 is 18.5 Å². The lowest BCUT2D eigenvalue weighted by Gasteiger charge is -2.16. The molecule has 1 aliphatic carbocycles. The van der Waals surface area contributed by atoms with Gasteiger partial charge in [0.15, 0.2) is 0 Å². The first-order valence-corrected chi connectivity index (χ1v) is 9.41. The van der Waals surface area contributed by atoms with Crippen LogP contribution >= 0.6 is 0 Å². The second-order valence-corrected chi connectivity index (χ2v) is 7.14. The van der Waals surface area contributed by atoms with Gasteiger partial charge in [0.1, 0.15) is 5.82 Å². The number of nitrogens with zero attached hydrogens (tertiary/aromatic N) is 2. The Balaban J connectivity index is 1.49. The van der Waals surface area contributed by atoms with Gasteiger partial charge in [-0.2, -0.15) is 8.78 Å². The smallest absolute Gasteiger partial charge is 0.320 e. The average molecular weight is 398 g/mol. The third kappa shape index (κ3) is 3.96. The Kier molecular flexibility index (Phi) is 5.00. The van der Waals surface area contributed by atoms with E-state index in [2.05, 4.69) is 15.6 Å². The lowest BCUT2D eigenvalue weighted by molar-refractivity contribution is -0.117. The molecule has 1 aliphatic rings. The molecule has 0 spiro atoms. The molecule has 2 amide bonds. The summed E-state index contributed by atoms with van der Waals surface area (Å²) >= 11 is 0. The third-order valence-corrected chi connectivity index (χ3v) is 4.92. The van der Waals surface area contributed by atoms with E-state index >= 15 is 0 Å². The van der Waals surface area contributed by atoms with Crippen LogP contribution in [0.25, 0.3) is 11.0 Å². The number of nitrogens with one attached hydrogen (secondary N) is 2. The molecule has 150 valence electrons. The average Bonchev–Trinajstić information content (AvgIpc) is 3.48. The zero-order valence-corrected chi connectivity index (χ0v) is 15.7. The molecule has 1 aromatic heterocycles. The second-order valence-electron chi connectivity index (χ2n) is 7.14. The molecule has 8 heteroatoms. The van der Waals surface area contributed by atoms with Crippen LogP contribution in [0.3, 0.4) is 0 Å². The van der Waals surface area contributed by atoms with Crippen molar-refractivity contribution in [2.75, 3.05) is 5.32 Å². The quantitative estimate of drug-likeness (QED) is 0.651. The highest BCUT2D eigenvalue weighted by Gasteiger charge is 2.29. The normalized spacial score (nSPS) is 14.8. The van der Waals surface area contributed by atoms with Gasteiger partial charge in [0.2, 0.25) is 5.91 Å². The summed E-state index contributed by atoms with van der Waals surface area (Å²) in [5, 5.41) is 5.52. The summed E-state index contributed by atoms with van der Waals surface area (Å²) in [6, 6.07) is 12.4. The molecular weight excluding hydrogens is 378 g/mol. The predicted octanol–water partition coefficient (Wildman–Crippen LogP) is 4.27. The van der Waals surface area contributed by atoms with E-state index in [1.165, 1.54) is 0 Å². The number of carbonyl (C=O) groups is 2. The van der Waals surface area contributed by atoms with Gasteiger partial charge in [-0.05, 0) is 56.2 Å². The minimum absolute atomic E-state index is 0.0123. The molecule has 4 rings (SSSR count). The molecule has 1 atom stereocenters. The van der Waals surface area contributed by atoms with Crippen molar-refractivity contribution in [2.24, 2.45) is 5.92 Å². The lowest BCUT2D eigenvalue weighted by atomic mass is 10.1. The van der Waals surface area contributed by atoms with Crippen LogP contribution in [0.5, 0.6) is 0 Å². The number of para-hydroxylation sites is 2. The molecule has 3 aromatic rings. The van der Waals surface area contributed by atoms with Crippen LogP contribution in [0.2, 0.25) is 0 Å². The molecule has 2 aromatic carbocycles. The van der Waals surface area contributed by atoms with Crippen LogP contribution in [0, 0.1) is 5.92 Å². The number of hydrogen-bond donors (Lipinski definition) is 2. The van der Waals surface area contributed by atoms with Gasteiger partial charge in [0, 0.05) is 17.2 Å². The molecule has 0 aliphatic heterocycles.